The Hall–Kier alpha value is -1.65. The summed E-state index contributed by atoms with van der Waals surface area (Å²) in [5, 5.41) is 12.4. The van der Waals surface area contributed by atoms with Gasteiger partial charge in [-0.05, 0) is 26.2 Å². The summed E-state index contributed by atoms with van der Waals surface area (Å²) in [6.45, 7) is 5.03. The van der Waals surface area contributed by atoms with Crippen molar-refractivity contribution in [2.24, 2.45) is 5.92 Å². The third kappa shape index (κ3) is 3.19. The Kier molecular flexibility index (Phi) is 4.83. The van der Waals surface area contributed by atoms with Crippen molar-refractivity contribution >= 4 is 11.8 Å². The van der Waals surface area contributed by atoms with Crippen molar-refractivity contribution in [3.8, 4) is 6.07 Å². The predicted octanol–water partition coefficient (Wildman–Crippen LogP) is -0.274. The smallest absolute Gasteiger partial charge is 0.240 e. The summed E-state index contributed by atoms with van der Waals surface area (Å²) >= 11 is 0. The minimum Gasteiger partial charge on any atom is -0.378 e. The zero-order valence-corrected chi connectivity index (χ0v) is 13.5. The maximum Gasteiger partial charge on any atom is 0.240 e. The normalized spacial score (nSPS) is 34.4. The van der Waals surface area contributed by atoms with Crippen LogP contribution in [0.1, 0.15) is 26.2 Å². The first kappa shape index (κ1) is 16.2. The average molecular weight is 320 g/mol. The number of likely N-dealkylation sites (tertiary alicyclic amines) is 1. The standard InChI is InChI=1S/C16H24N4O3/c1-11-13(15(21)19-5-7-23-8-6-19)9-14(18-11)16(22)20-4-2-3-12(20)10-17/h11-14,18H,2-9H2,1H3/t11-,12-,13-,14-/m0/s1. The fourth-order valence-corrected chi connectivity index (χ4v) is 3.83. The molecule has 7 nitrogen and oxygen atoms in total. The van der Waals surface area contributed by atoms with Gasteiger partial charge < -0.3 is 19.9 Å². The quantitative estimate of drug-likeness (QED) is 0.757. The molecule has 0 bridgehead atoms. The van der Waals surface area contributed by atoms with Crippen LogP contribution < -0.4 is 5.32 Å². The summed E-state index contributed by atoms with van der Waals surface area (Å²) in [6.07, 6.45) is 2.15. The van der Waals surface area contributed by atoms with Crippen LogP contribution in [0.25, 0.3) is 0 Å². The van der Waals surface area contributed by atoms with E-state index in [1.165, 1.54) is 0 Å². The van der Waals surface area contributed by atoms with Crippen molar-refractivity contribution in [1.82, 2.24) is 15.1 Å². The molecule has 0 aromatic rings. The lowest BCUT2D eigenvalue weighted by atomic mass is 9.97. The lowest BCUT2D eigenvalue weighted by molar-refractivity contribution is -0.139. The largest absolute Gasteiger partial charge is 0.378 e. The minimum absolute atomic E-state index is 0.0255. The number of morpholine rings is 1. The van der Waals surface area contributed by atoms with Gasteiger partial charge in [-0.3, -0.25) is 9.59 Å². The Labute approximate surface area is 136 Å². The van der Waals surface area contributed by atoms with E-state index in [9.17, 15) is 9.59 Å². The predicted molar refractivity (Wildman–Crippen MR) is 82.2 cm³/mol. The Morgan fingerprint density at radius 3 is 2.65 bits per heavy atom. The van der Waals surface area contributed by atoms with Crippen LogP contribution >= 0.6 is 0 Å². The van der Waals surface area contributed by atoms with Crippen molar-refractivity contribution in [1.29, 1.82) is 5.26 Å². The monoisotopic (exact) mass is 320 g/mol. The summed E-state index contributed by atoms with van der Waals surface area (Å²) in [6, 6.07) is 1.51. The van der Waals surface area contributed by atoms with Gasteiger partial charge in [0.25, 0.3) is 0 Å². The summed E-state index contributed by atoms with van der Waals surface area (Å²) < 4.78 is 5.29. The van der Waals surface area contributed by atoms with Gasteiger partial charge in [0, 0.05) is 25.7 Å². The number of carbonyl (C=O) groups excluding carboxylic acids is 2. The minimum atomic E-state index is -0.353. The second-order valence-corrected chi connectivity index (χ2v) is 6.61. The highest BCUT2D eigenvalue weighted by molar-refractivity contribution is 5.86. The van der Waals surface area contributed by atoms with E-state index in [1.54, 1.807) is 4.90 Å². The van der Waals surface area contributed by atoms with Crippen molar-refractivity contribution in [3.63, 3.8) is 0 Å². The van der Waals surface area contributed by atoms with Crippen LogP contribution in [0.4, 0.5) is 0 Å². The van der Waals surface area contributed by atoms with Crippen molar-refractivity contribution in [3.05, 3.63) is 0 Å². The van der Waals surface area contributed by atoms with E-state index < -0.39 is 0 Å². The van der Waals surface area contributed by atoms with Crippen molar-refractivity contribution in [2.75, 3.05) is 32.8 Å². The first-order valence-electron chi connectivity index (χ1n) is 8.44. The molecule has 7 heteroatoms. The highest BCUT2D eigenvalue weighted by atomic mass is 16.5. The van der Waals surface area contributed by atoms with Gasteiger partial charge in [-0.25, -0.2) is 0 Å². The van der Waals surface area contributed by atoms with E-state index in [4.69, 9.17) is 10.00 Å². The summed E-state index contributed by atoms with van der Waals surface area (Å²) in [7, 11) is 0. The molecular weight excluding hydrogens is 296 g/mol. The molecule has 3 fully saturated rings. The van der Waals surface area contributed by atoms with Crippen LogP contribution in [0.15, 0.2) is 0 Å². The first-order valence-corrected chi connectivity index (χ1v) is 8.44. The second-order valence-electron chi connectivity index (χ2n) is 6.61. The molecule has 3 saturated heterocycles. The van der Waals surface area contributed by atoms with Gasteiger partial charge in [0.2, 0.25) is 11.8 Å². The van der Waals surface area contributed by atoms with Gasteiger partial charge in [0.1, 0.15) is 6.04 Å². The molecule has 1 N–H and O–H groups in total. The summed E-state index contributed by atoms with van der Waals surface area (Å²) in [4.78, 5) is 28.9. The van der Waals surface area contributed by atoms with Crippen LogP contribution in [0, 0.1) is 17.2 Å². The molecule has 3 heterocycles. The fraction of sp³-hybridized carbons (Fsp3) is 0.812. The highest BCUT2D eigenvalue weighted by Crippen LogP contribution is 2.26. The number of amides is 2. The van der Waals surface area contributed by atoms with Gasteiger partial charge in [0.05, 0.1) is 31.2 Å². The Bertz CT molecular complexity index is 512. The molecule has 126 valence electrons. The van der Waals surface area contributed by atoms with E-state index in [1.807, 2.05) is 11.8 Å². The van der Waals surface area contributed by atoms with E-state index in [0.717, 1.165) is 12.8 Å². The number of hydrogen-bond acceptors (Lipinski definition) is 5. The third-order valence-electron chi connectivity index (χ3n) is 5.18. The van der Waals surface area contributed by atoms with Crippen molar-refractivity contribution < 1.29 is 14.3 Å². The molecule has 4 atom stereocenters. The topological polar surface area (TPSA) is 85.7 Å². The number of carbonyl (C=O) groups is 2. The molecule has 0 unspecified atom stereocenters. The average Bonchev–Trinajstić information content (AvgIpc) is 3.20. The van der Waals surface area contributed by atoms with Gasteiger partial charge in [-0.1, -0.05) is 0 Å². The van der Waals surface area contributed by atoms with Gasteiger partial charge >= 0.3 is 0 Å². The molecule has 0 aromatic carbocycles. The molecule has 23 heavy (non-hydrogen) atoms. The van der Waals surface area contributed by atoms with Crippen LogP contribution in [0.3, 0.4) is 0 Å². The number of rotatable bonds is 2. The molecule has 0 spiro atoms. The van der Waals surface area contributed by atoms with E-state index in [-0.39, 0.29) is 35.9 Å². The van der Waals surface area contributed by atoms with E-state index in [2.05, 4.69) is 11.4 Å². The lowest BCUT2D eigenvalue weighted by Crippen LogP contribution is -2.46. The molecule has 3 aliphatic heterocycles. The van der Waals surface area contributed by atoms with Crippen LogP contribution in [0.2, 0.25) is 0 Å². The maximum absolute atomic E-state index is 12.7. The fourth-order valence-electron chi connectivity index (χ4n) is 3.83. The highest BCUT2D eigenvalue weighted by Gasteiger charge is 2.43. The molecule has 0 aromatic heterocycles. The van der Waals surface area contributed by atoms with Crippen LogP contribution in [-0.2, 0) is 14.3 Å². The summed E-state index contributed by atoms with van der Waals surface area (Å²) in [5.41, 5.74) is 0. The van der Waals surface area contributed by atoms with Crippen LogP contribution in [0.5, 0.6) is 0 Å². The Morgan fingerprint density at radius 2 is 1.96 bits per heavy atom. The molecule has 0 saturated carbocycles. The van der Waals surface area contributed by atoms with Crippen LogP contribution in [-0.4, -0.2) is 72.6 Å². The molecular formula is C16H24N4O3. The number of nitrogens with one attached hydrogen (secondary N) is 1. The Balaban J connectivity index is 1.62. The van der Waals surface area contributed by atoms with Gasteiger partial charge in [0.15, 0.2) is 0 Å². The maximum atomic E-state index is 12.7. The lowest BCUT2D eigenvalue weighted by Gasteiger charge is -2.30. The zero-order chi connectivity index (χ0) is 16.4. The van der Waals surface area contributed by atoms with Gasteiger partial charge in [-0.15, -0.1) is 0 Å². The molecule has 0 radical (unpaired) electrons. The molecule has 3 aliphatic rings. The number of hydrogen-bond donors (Lipinski definition) is 1. The number of nitrogens with zero attached hydrogens (tertiary/aromatic N) is 3. The molecule has 3 rings (SSSR count). The first-order chi connectivity index (χ1) is 11.1. The van der Waals surface area contributed by atoms with Crippen molar-refractivity contribution in [2.45, 2.75) is 44.3 Å². The third-order valence-corrected chi connectivity index (χ3v) is 5.18. The summed E-state index contributed by atoms with van der Waals surface area (Å²) in [5.74, 6) is -0.0924. The van der Waals surface area contributed by atoms with E-state index >= 15 is 0 Å². The second kappa shape index (κ2) is 6.85. The molecule has 0 aliphatic carbocycles. The number of ether oxygens (including phenoxy) is 1. The SMILES string of the molecule is C[C@@H]1N[C@H](C(=O)N2CCC[C@H]2C#N)C[C@@H]1C(=O)N1CCOCC1. The number of nitriles is 1. The van der Waals surface area contributed by atoms with Gasteiger partial charge in [-0.2, -0.15) is 5.26 Å². The Morgan fingerprint density at radius 1 is 1.22 bits per heavy atom. The molecule has 2 amide bonds. The van der Waals surface area contributed by atoms with E-state index in [0.29, 0.717) is 39.3 Å². The zero-order valence-electron chi connectivity index (χ0n) is 13.5.